The lowest BCUT2D eigenvalue weighted by atomic mass is 10.1. The first-order valence-corrected chi connectivity index (χ1v) is 10.3. The van der Waals surface area contributed by atoms with Crippen LogP contribution in [0.1, 0.15) is 23.6 Å². The van der Waals surface area contributed by atoms with Gasteiger partial charge in [0.15, 0.2) is 6.10 Å². The minimum absolute atomic E-state index is 0.115. The van der Waals surface area contributed by atoms with Gasteiger partial charge in [-0.2, -0.15) is 11.8 Å². The van der Waals surface area contributed by atoms with Gasteiger partial charge in [-0.1, -0.05) is 41.4 Å². The van der Waals surface area contributed by atoms with Gasteiger partial charge in [0.1, 0.15) is 5.75 Å². The van der Waals surface area contributed by atoms with Crippen molar-refractivity contribution in [2.75, 3.05) is 12.3 Å². The summed E-state index contributed by atoms with van der Waals surface area (Å²) in [6, 6.07) is 11.5. The van der Waals surface area contributed by atoms with Gasteiger partial charge in [-0.05, 0) is 55.7 Å². The zero-order chi connectivity index (χ0) is 19.1. The van der Waals surface area contributed by atoms with Crippen molar-refractivity contribution in [1.29, 1.82) is 0 Å². The van der Waals surface area contributed by atoms with Crippen LogP contribution in [0.25, 0.3) is 0 Å². The molecule has 1 N–H and O–H groups in total. The molecule has 2 aromatic rings. The third-order valence-electron chi connectivity index (χ3n) is 3.83. The number of carbonyl (C=O) groups is 1. The molecule has 0 saturated carbocycles. The van der Waals surface area contributed by atoms with Crippen LogP contribution in [0.15, 0.2) is 36.4 Å². The summed E-state index contributed by atoms with van der Waals surface area (Å²) < 4.78 is 5.79. The number of carbonyl (C=O) groups excluding carboxylic acids is 1. The molecule has 26 heavy (non-hydrogen) atoms. The third kappa shape index (κ3) is 6.42. The van der Waals surface area contributed by atoms with E-state index >= 15 is 0 Å². The molecule has 0 unspecified atom stereocenters. The van der Waals surface area contributed by atoms with Crippen molar-refractivity contribution in [2.24, 2.45) is 0 Å². The highest BCUT2D eigenvalue weighted by atomic mass is 35.5. The first-order chi connectivity index (χ1) is 12.4. The fourth-order valence-corrected chi connectivity index (χ4v) is 3.71. The Balaban J connectivity index is 1.71. The Morgan fingerprint density at radius 3 is 2.69 bits per heavy atom. The van der Waals surface area contributed by atoms with Crippen molar-refractivity contribution in [3.63, 3.8) is 0 Å². The highest BCUT2D eigenvalue weighted by Crippen LogP contribution is 2.24. The molecule has 0 aliphatic carbocycles. The Morgan fingerprint density at radius 2 is 1.96 bits per heavy atom. The van der Waals surface area contributed by atoms with Crippen LogP contribution in [0.5, 0.6) is 5.75 Å². The van der Waals surface area contributed by atoms with Crippen molar-refractivity contribution < 1.29 is 9.53 Å². The summed E-state index contributed by atoms with van der Waals surface area (Å²) in [6.07, 6.45) is -0.536. The van der Waals surface area contributed by atoms with Crippen LogP contribution in [-0.2, 0) is 10.5 Å². The molecule has 0 heterocycles. The lowest BCUT2D eigenvalue weighted by Crippen LogP contribution is -2.37. The normalized spacial score (nSPS) is 11.9. The van der Waals surface area contributed by atoms with Gasteiger partial charge >= 0.3 is 0 Å². The molecule has 0 bridgehead atoms. The zero-order valence-electron chi connectivity index (χ0n) is 15.1. The summed E-state index contributed by atoms with van der Waals surface area (Å²) in [7, 11) is 0. The number of amides is 1. The topological polar surface area (TPSA) is 38.3 Å². The van der Waals surface area contributed by atoms with Crippen molar-refractivity contribution in [2.45, 2.75) is 32.6 Å². The van der Waals surface area contributed by atoms with E-state index in [2.05, 4.69) is 5.32 Å². The third-order valence-corrected chi connectivity index (χ3v) is 5.43. The molecule has 1 atom stereocenters. The van der Waals surface area contributed by atoms with E-state index in [-0.39, 0.29) is 5.91 Å². The average Bonchev–Trinajstić information content (AvgIpc) is 2.59. The maximum Gasteiger partial charge on any atom is 0.260 e. The molecule has 140 valence electrons. The van der Waals surface area contributed by atoms with Crippen LogP contribution in [0.3, 0.4) is 0 Å². The van der Waals surface area contributed by atoms with E-state index in [1.54, 1.807) is 24.8 Å². The molecule has 0 fully saturated rings. The van der Waals surface area contributed by atoms with Gasteiger partial charge in [-0.25, -0.2) is 0 Å². The maximum atomic E-state index is 12.2. The maximum absolute atomic E-state index is 12.2. The van der Waals surface area contributed by atoms with Gasteiger partial charge < -0.3 is 10.1 Å². The van der Waals surface area contributed by atoms with E-state index in [0.29, 0.717) is 16.6 Å². The Morgan fingerprint density at radius 1 is 1.19 bits per heavy atom. The van der Waals surface area contributed by atoms with Crippen molar-refractivity contribution in [1.82, 2.24) is 5.32 Å². The fourth-order valence-electron chi connectivity index (χ4n) is 2.29. The molecule has 2 aromatic carbocycles. The van der Waals surface area contributed by atoms with Gasteiger partial charge in [-0.3, -0.25) is 4.79 Å². The summed E-state index contributed by atoms with van der Waals surface area (Å²) in [5.74, 6) is 2.21. The molecule has 2 rings (SSSR count). The smallest absolute Gasteiger partial charge is 0.260 e. The summed E-state index contributed by atoms with van der Waals surface area (Å²) in [5, 5.41) is 4.21. The lowest BCUT2D eigenvalue weighted by Gasteiger charge is -2.16. The number of hydrogen-bond donors (Lipinski definition) is 1. The molecular weight excluding hydrogens is 389 g/mol. The van der Waals surface area contributed by atoms with Gasteiger partial charge in [0, 0.05) is 28.1 Å². The highest BCUT2D eigenvalue weighted by molar-refractivity contribution is 7.98. The Kier molecular flexibility index (Phi) is 8.14. The van der Waals surface area contributed by atoms with Crippen molar-refractivity contribution in [3.8, 4) is 5.75 Å². The molecule has 0 aliphatic heterocycles. The van der Waals surface area contributed by atoms with E-state index < -0.39 is 6.10 Å². The molecule has 0 aliphatic rings. The Hall–Kier alpha value is -1.36. The number of hydrogen-bond acceptors (Lipinski definition) is 3. The number of thioether (sulfide) groups is 1. The largest absolute Gasteiger partial charge is 0.481 e. The first kappa shape index (κ1) is 20.9. The van der Waals surface area contributed by atoms with Crippen molar-refractivity contribution in [3.05, 3.63) is 63.1 Å². The van der Waals surface area contributed by atoms with E-state index in [0.717, 1.165) is 33.9 Å². The molecule has 1 amide bonds. The summed E-state index contributed by atoms with van der Waals surface area (Å²) >= 11 is 13.7. The van der Waals surface area contributed by atoms with E-state index in [9.17, 15) is 4.79 Å². The van der Waals surface area contributed by atoms with Crippen LogP contribution < -0.4 is 10.1 Å². The van der Waals surface area contributed by atoms with Crippen LogP contribution in [0.4, 0.5) is 0 Å². The van der Waals surface area contributed by atoms with Crippen LogP contribution in [0.2, 0.25) is 10.0 Å². The molecule has 0 spiro atoms. The van der Waals surface area contributed by atoms with Gasteiger partial charge in [0.2, 0.25) is 0 Å². The Bertz CT molecular complexity index is 767. The highest BCUT2D eigenvalue weighted by Gasteiger charge is 2.15. The molecule has 0 saturated heterocycles. The first-order valence-electron chi connectivity index (χ1n) is 8.40. The van der Waals surface area contributed by atoms with Crippen LogP contribution in [0, 0.1) is 13.8 Å². The minimum atomic E-state index is -0.536. The molecule has 3 nitrogen and oxygen atoms in total. The van der Waals surface area contributed by atoms with Crippen LogP contribution in [-0.4, -0.2) is 24.3 Å². The van der Waals surface area contributed by atoms with E-state index in [1.807, 2.05) is 44.2 Å². The van der Waals surface area contributed by atoms with Gasteiger partial charge in [0.05, 0.1) is 0 Å². The number of halogens is 2. The van der Waals surface area contributed by atoms with E-state index in [1.165, 1.54) is 0 Å². The number of rotatable bonds is 8. The second-order valence-electron chi connectivity index (χ2n) is 6.11. The molecule has 0 aromatic heterocycles. The molecule has 0 radical (unpaired) electrons. The molecular formula is C20H23Cl2NO2S. The summed E-state index contributed by atoms with van der Waals surface area (Å²) in [4.78, 5) is 12.2. The van der Waals surface area contributed by atoms with Crippen molar-refractivity contribution >= 4 is 40.9 Å². The zero-order valence-corrected chi connectivity index (χ0v) is 17.5. The standard InChI is InChI=1S/C20H23Cl2NO2S/c1-13-4-5-14(2)19(10-13)25-15(3)20(24)23-8-9-26-12-16-6-7-17(21)11-18(16)22/h4-7,10-11,15H,8-9,12H2,1-3H3,(H,23,24)/t15-/m0/s1. The number of benzene rings is 2. The predicted molar refractivity (Wildman–Crippen MR) is 112 cm³/mol. The number of aryl methyl sites for hydroxylation is 2. The lowest BCUT2D eigenvalue weighted by molar-refractivity contribution is -0.127. The average molecular weight is 412 g/mol. The number of nitrogens with one attached hydrogen (secondary N) is 1. The summed E-state index contributed by atoms with van der Waals surface area (Å²) in [5.41, 5.74) is 3.17. The van der Waals surface area contributed by atoms with E-state index in [4.69, 9.17) is 27.9 Å². The van der Waals surface area contributed by atoms with Crippen LogP contribution >= 0.6 is 35.0 Å². The predicted octanol–water partition coefficient (Wildman–Crippen LogP) is 5.43. The van der Waals surface area contributed by atoms with Gasteiger partial charge in [0.25, 0.3) is 5.91 Å². The van der Waals surface area contributed by atoms with Gasteiger partial charge in [-0.15, -0.1) is 0 Å². The summed E-state index contributed by atoms with van der Waals surface area (Å²) in [6.45, 7) is 6.31. The number of ether oxygens (including phenoxy) is 1. The second kappa shape index (κ2) is 10.1. The fraction of sp³-hybridized carbons (Fsp3) is 0.350. The minimum Gasteiger partial charge on any atom is -0.481 e. The second-order valence-corrected chi connectivity index (χ2v) is 8.06. The SMILES string of the molecule is Cc1ccc(C)c(O[C@@H](C)C(=O)NCCSCc2ccc(Cl)cc2Cl)c1. The monoisotopic (exact) mass is 411 g/mol. The Labute approximate surface area is 169 Å². The quantitative estimate of drug-likeness (QED) is 0.588. The molecule has 6 heteroatoms.